The highest BCUT2D eigenvalue weighted by molar-refractivity contribution is 6.06. The molecule has 0 unspecified atom stereocenters. The van der Waals surface area contributed by atoms with E-state index < -0.39 is 0 Å². The van der Waals surface area contributed by atoms with Gasteiger partial charge in [0, 0.05) is 33.2 Å². The number of aryl methyl sites for hydroxylation is 1. The normalized spacial score (nSPS) is 12.7. The average molecular weight is 770 g/mol. The van der Waals surface area contributed by atoms with E-state index in [9.17, 15) is 0 Å². The highest BCUT2D eigenvalue weighted by Crippen LogP contribution is 2.52. The van der Waals surface area contributed by atoms with Gasteiger partial charge in [0.2, 0.25) is 0 Å². The van der Waals surface area contributed by atoms with Gasteiger partial charge in [-0.3, -0.25) is 0 Å². The molecule has 0 bridgehead atoms. The summed E-state index contributed by atoms with van der Waals surface area (Å²) in [5.74, 6) is 0. The lowest BCUT2D eigenvalue weighted by molar-refractivity contribution is 0.660. The van der Waals surface area contributed by atoms with E-state index in [2.05, 4.69) is 220 Å². The van der Waals surface area contributed by atoms with Gasteiger partial charge in [-0.1, -0.05) is 159 Å². The fraction of sp³-hybridized carbons (Fsp3) is 0.0690. The molecule has 0 saturated carbocycles. The first-order valence-corrected chi connectivity index (χ1v) is 20.8. The Kier molecular flexibility index (Phi) is 8.42. The first-order valence-electron chi connectivity index (χ1n) is 20.8. The molecule has 1 heterocycles. The monoisotopic (exact) mass is 769 g/mol. The lowest BCUT2D eigenvalue weighted by Gasteiger charge is -2.28. The molecular formula is C58H43NO. The van der Waals surface area contributed by atoms with E-state index in [0.29, 0.717) is 0 Å². The summed E-state index contributed by atoms with van der Waals surface area (Å²) >= 11 is 0. The van der Waals surface area contributed by atoms with E-state index in [1.807, 2.05) is 12.1 Å². The van der Waals surface area contributed by atoms with Crippen molar-refractivity contribution in [2.45, 2.75) is 26.2 Å². The summed E-state index contributed by atoms with van der Waals surface area (Å²) in [6.07, 6.45) is 0. The number of benzene rings is 9. The van der Waals surface area contributed by atoms with Crippen molar-refractivity contribution in [3.8, 4) is 55.6 Å². The third kappa shape index (κ3) is 6.12. The van der Waals surface area contributed by atoms with Gasteiger partial charge >= 0.3 is 0 Å². The van der Waals surface area contributed by atoms with Crippen LogP contribution >= 0.6 is 0 Å². The van der Waals surface area contributed by atoms with Gasteiger partial charge in [0.05, 0.1) is 0 Å². The minimum atomic E-state index is -0.177. The van der Waals surface area contributed by atoms with Crippen LogP contribution in [-0.2, 0) is 5.41 Å². The molecule has 1 aromatic heterocycles. The second-order valence-corrected chi connectivity index (χ2v) is 16.7. The largest absolute Gasteiger partial charge is 0.456 e. The lowest BCUT2D eigenvalue weighted by Crippen LogP contribution is -2.16. The third-order valence-electron chi connectivity index (χ3n) is 12.6. The predicted octanol–water partition coefficient (Wildman–Crippen LogP) is 16.3. The van der Waals surface area contributed by atoms with Crippen molar-refractivity contribution in [1.82, 2.24) is 0 Å². The first-order chi connectivity index (χ1) is 29.4. The van der Waals surface area contributed by atoms with Crippen LogP contribution in [-0.4, -0.2) is 0 Å². The van der Waals surface area contributed by atoms with Crippen LogP contribution in [0.2, 0.25) is 0 Å². The molecule has 1 aliphatic rings. The van der Waals surface area contributed by atoms with Crippen molar-refractivity contribution >= 4 is 39.0 Å². The minimum Gasteiger partial charge on any atom is -0.456 e. The summed E-state index contributed by atoms with van der Waals surface area (Å²) in [5.41, 5.74) is 21.2. The maximum absolute atomic E-state index is 6.14. The van der Waals surface area contributed by atoms with Crippen LogP contribution in [0.25, 0.3) is 77.6 Å². The van der Waals surface area contributed by atoms with Crippen molar-refractivity contribution in [3.05, 3.63) is 223 Å². The topological polar surface area (TPSA) is 16.4 Å². The van der Waals surface area contributed by atoms with Crippen molar-refractivity contribution < 1.29 is 4.42 Å². The molecule has 0 atom stereocenters. The van der Waals surface area contributed by atoms with E-state index in [4.69, 9.17) is 4.42 Å². The van der Waals surface area contributed by atoms with E-state index >= 15 is 0 Å². The Morgan fingerprint density at radius 2 is 0.817 bits per heavy atom. The maximum atomic E-state index is 6.14. The number of hydrogen-bond donors (Lipinski definition) is 0. The quantitative estimate of drug-likeness (QED) is 0.161. The lowest BCUT2D eigenvalue weighted by atomic mass is 9.81. The number of hydrogen-bond acceptors (Lipinski definition) is 2. The van der Waals surface area contributed by atoms with Crippen LogP contribution in [0.3, 0.4) is 0 Å². The molecule has 1 aliphatic carbocycles. The van der Waals surface area contributed by atoms with Crippen LogP contribution in [0.1, 0.15) is 30.5 Å². The molecule has 0 aliphatic heterocycles. The van der Waals surface area contributed by atoms with Crippen LogP contribution in [0.5, 0.6) is 0 Å². The minimum absolute atomic E-state index is 0.177. The van der Waals surface area contributed by atoms with Gasteiger partial charge in [0.25, 0.3) is 0 Å². The zero-order chi connectivity index (χ0) is 40.4. The zero-order valence-corrected chi connectivity index (χ0v) is 34.0. The number of fused-ring (bicyclic) bond motifs is 6. The Morgan fingerprint density at radius 3 is 1.50 bits per heavy atom. The first kappa shape index (κ1) is 35.7. The summed E-state index contributed by atoms with van der Waals surface area (Å²) in [6.45, 7) is 6.87. The summed E-state index contributed by atoms with van der Waals surface area (Å²) < 4.78 is 6.14. The van der Waals surface area contributed by atoms with Crippen molar-refractivity contribution in [3.63, 3.8) is 0 Å². The third-order valence-corrected chi connectivity index (χ3v) is 12.6. The molecule has 0 fully saturated rings. The second-order valence-electron chi connectivity index (χ2n) is 16.7. The standard InChI is InChI=1S/C58H43NO/c1-38-16-18-40(19-17-38)43-12-9-13-44(34-43)41-20-26-47(27-21-41)59(48-28-22-42(23-29-48)45-25-33-57-53(35-45)52-14-7-8-15-56(52)60-57)49-30-32-51-50-31-24-46(39-10-5-4-6-11-39)36-54(50)58(2,3)55(51)37-49/h4-37H,1-3H3. The van der Waals surface area contributed by atoms with Crippen LogP contribution < -0.4 is 4.90 Å². The van der Waals surface area contributed by atoms with Gasteiger partial charge in [-0.15, -0.1) is 0 Å². The van der Waals surface area contributed by atoms with Crippen molar-refractivity contribution in [2.24, 2.45) is 0 Å². The van der Waals surface area contributed by atoms with E-state index in [0.717, 1.165) is 50.1 Å². The second kappa shape index (κ2) is 14.1. The fourth-order valence-electron chi connectivity index (χ4n) is 9.26. The smallest absolute Gasteiger partial charge is 0.135 e. The summed E-state index contributed by atoms with van der Waals surface area (Å²) in [5, 5.41) is 2.27. The average Bonchev–Trinajstić information content (AvgIpc) is 3.78. The molecule has 0 N–H and O–H groups in total. The summed E-state index contributed by atoms with van der Waals surface area (Å²) in [7, 11) is 0. The van der Waals surface area contributed by atoms with Gasteiger partial charge < -0.3 is 9.32 Å². The number of furan rings is 1. The molecule has 9 aromatic carbocycles. The van der Waals surface area contributed by atoms with Crippen molar-refractivity contribution in [1.29, 1.82) is 0 Å². The molecule has 0 radical (unpaired) electrons. The van der Waals surface area contributed by atoms with Gasteiger partial charge in [-0.05, 0) is 140 Å². The molecular weight excluding hydrogens is 727 g/mol. The van der Waals surface area contributed by atoms with Gasteiger partial charge in [-0.25, -0.2) is 0 Å². The highest BCUT2D eigenvalue weighted by Gasteiger charge is 2.36. The van der Waals surface area contributed by atoms with E-state index in [1.165, 1.54) is 61.2 Å². The predicted molar refractivity (Wildman–Crippen MR) is 252 cm³/mol. The molecule has 286 valence electrons. The highest BCUT2D eigenvalue weighted by atomic mass is 16.3. The Balaban J connectivity index is 0.987. The maximum Gasteiger partial charge on any atom is 0.135 e. The number of rotatable bonds is 7. The zero-order valence-electron chi connectivity index (χ0n) is 34.0. The van der Waals surface area contributed by atoms with Gasteiger partial charge in [0.15, 0.2) is 0 Å². The van der Waals surface area contributed by atoms with Gasteiger partial charge in [-0.2, -0.15) is 0 Å². The molecule has 2 heteroatoms. The summed E-state index contributed by atoms with van der Waals surface area (Å²) in [6, 6.07) is 75.2. The van der Waals surface area contributed by atoms with Crippen LogP contribution in [0.15, 0.2) is 211 Å². The number of para-hydroxylation sites is 1. The van der Waals surface area contributed by atoms with Gasteiger partial charge in [0.1, 0.15) is 11.2 Å². The molecule has 0 spiro atoms. The molecule has 2 nitrogen and oxygen atoms in total. The molecule has 11 rings (SSSR count). The number of anilines is 3. The molecule has 10 aromatic rings. The van der Waals surface area contributed by atoms with Crippen LogP contribution in [0, 0.1) is 6.92 Å². The Morgan fingerprint density at radius 1 is 0.350 bits per heavy atom. The van der Waals surface area contributed by atoms with Crippen molar-refractivity contribution in [2.75, 3.05) is 4.90 Å². The molecule has 0 saturated heterocycles. The van der Waals surface area contributed by atoms with E-state index in [-0.39, 0.29) is 5.41 Å². The molecule has 0 amide bonds. The Labute approximate surface area is 351 Å². The SMILES string of the molecule is Cc1ccc(-c2cccc(-c3ccc(N(c4ccc(-c5ccc6oc7ccccc7c6c5)cc4)c4ccc5c(c4)C(C)(C)c4cc(-c6ccccc6)ccc4-5)cc3)c2)cc1. The fourth-order valence-corrected chi connectivity index (χ4v) is 9.26. The van der Waals surface area contributed by atoms with E-state index in [1.54, 1.807) is 0 Å². The Bertz CT molecular complexity index is 3210. The Hall–Kier alpha value is -7.42. The van der Waals surface area contributed by atoms with Crippen LogP contribution in [0.4, 0.5) is 17.1 Å². The summed E-state index contributed by atoms with van der Waals surface area (Å²) in [4.78, 5) is 2.40. The number of nitrogens with zero attached hydrogens (tertiary/aromatic N) is 1. The molecule has 60 heavy (non-hydrogen) atoms.